The van der Waals surface area contributed by atoms with Gasteiger partial charge in [-0.25, -0.2) is 9.59 Å². The lowest BCUT2D eigenvalue weighted by molar-refractivity contribution is -0.143. The fourth-order valence-corrected chi connectivity index (χ4v) is 2.59. The van der Waals surface area contributed by atoms with E-state index in [1.807, 2.05) is 0 Å². The number of benzene rings is 1. The molecule has 1 aliphatic heterocycles. The predicted molar refractivity (Wildman–Crippen MR) is 111 cm³/mol. The van der Waals surface area contributed by atoms with E-state index in [-0.39, 0.29) is 31.6 Å². The number of carbonyl (C=O) groups excluding carboxylic acids is 2. The maximum atomic E-state index is 12.2. The van der Waals surface area contributed by atoms with Crippen LogP contribution in [0.1, 0.15) is 32.6 Å². The Kier molecular flexibility index (Phi) is 7.23. The van der Waals surface area contributed by atoms with E-state index in [1.54, 1.807) is 45.0 Å². The second-order valence-electron chi connectivity index (χ2n) is 8.02. The van der Waals surface area contributed by atoms with Crippen LogP contribution in [0.3, 0.4) is 0 Å². The van der Waals surface area contributed by atoms with Gasteiger partial charge in [-0.05, 0) is 44.5 Å². The average Bonchev–Trinajstić information content (AvgIpc) is 3.21. The van der Waals surface area contributed by atoms with Gasteiger partial charge in [0.15, 0.2) is 12.5 Å². The van der Waals surface area contributed by atoms with Crippen LogP contribution in [0.15, 0.2) is 41.3 Å². The zero-order valence-corrected chi connectivity index (χ0v) is 17.9. The highest BCUT2D eigenvalue weighted by Crippen LogP contribution is 2.21. The number of carbonyl (C=O) groups is 2. The maximum absolute atomic E-state index is 12.2. The molecule has 1 aromatic heterocycles. The number of nitrogens with zero attached hydrogens (tertiary/aromatic N) is 2. The quantitative estimate of drug-likeness (QED) is 0.501. The number of hydrogen-bond acceptors (Lipinski definition) is 9. The van der Waals surface area contributed by atoms with Crippen LogP contribution in [0.5, 0.6) is 5.75 Å². The van der Waals surface area contributed by atoms with Crippen molar-refractivity contribution in [2.75, 3.05) is 18.5 Å². The van der Waals surface area contributed by atoms with Crippen molar-refractivity contribution in [1.82, 2.24) is 9.55 Å². The summed E-state index contributed by atoms with van der Waals surface area (Å²) in [5, 5.41) is 11.4. The van der Waals surface area contributed by atoms with Crippen LogP contribution in [-0.2, 0) is 25.6 Å². The van der Waals surface area contributed by atoms with Crippen LogP contribution in [0, 0.1) is 5.41 Å². The fourth-order valence-electron chi connectivity index (χ4n) is 2.59. The molecular formula is C21H25N3O8. The molecule has 1 aliphatic rings. The Balaban J connectivity index is 1.50. The zero-order chi connectivity index (χ0) is 23.3. The lowest BCUT2D eigenvalue weighted by Gasteiger charge is -2.16. The molecule has 0 radical (unpaired) electrons. The minimum atomic E-state index is -0.793. The fraction of sp³-hybridized carbons (Fsp3) is 0.429. The van der Waals surface area contributed by atoms with Crippen molar-refractivity contribution >= 4 is 17.9 Å². The molecule has 1 fully saturated rings. The van der Waals surface area contributed by atoms with Crippen molar-refractivity contribution in [2.45, 2.75) is 39.9 Å². The summed E-state index contributed by atoms with van der Waals surface area (Å²) in [5.74, 6) is 0.0543. The smallest absolute Gasteiger partial charge is 0.413 e. The van der Waals surface area contributed by atoms with Crippen LogP contribution >= 0.6 is 0 Å². The molecule has 2 heterocycles. The van der Waals surface area contributed by atoms with Crippen molar-refractivity contribution < 1.29 is 33.6 Å². The molecular weight excluding hydrogens is 422 g/mol. The van der Waals surface area contributed by atoms with Gasteiger partial charge >= 0.3 is 17.8 Å². The van der Waals surface area contributed by atoms with Crippen LogP contribution in [0.25, 0.3) is 0 Å². The number of rotatable bonds is 6. The summed E-state index contributed by atoms with van der Waals surface area (Å²) in [5.41, 5.74) is -0.597. The third-order valence-corrected chi connectivity index (χ3v) is 4.37. The van der Waals surface area contributed by atoms with E-state index >= 15 is 0 Å². The minimum Gasteiger partial charge on any atom is -0.444 e. The van der Waals surface area contributed by atoms with Crippen LogP contribution in [0.4, 0.5) is 10.6 Å². The first-order valence-electron chi connectivity index (χ1n) is 9.88. The average molecular weight is 447 g/mol. The van der Waals surface area contributed by atoms with Gasteiger partial charge in [-0.3, -0.25) is 14.7 Å². The normalized spacial score (nSPS) is 18.2. The molecule has 0 saturated carbocycles. The molecule has 2 unspecified atom stereocenters. The van der Waals surface area contributed by atoms with Gasteiger partial charge in [0.05, 0.1) is 18.6 Å². The molecule has 1 aromatic carbocycles. The number of aliphatic hydroxyl groups excluding tert-OH is 1. The Labute approximate surface area is 183 Å². The second-order valence-corrected chi connectivity index (χ2v) is 8.02. The highest BCUT2D eigenvalue weighted by Gasteiger charge is 2.27. The topological polar surface area (TPSA) is 138 Å². The van der Waals surface area contributed by atoms with Gasteiger partial charge in [-0.2, -0.15) is 4.98 Å². The van der Waals surface area contributed by atoms with Crippen molar-refractivity contribution in [3.63, 3.8) is 0 Å². The van der Waals surface area contributed by atoms with Crippen molar-refractivity contribution in [3.05, 3.63) is 52.6 Å². The monoisotopic (exact) mass is 447 g/mol. The summed E-state index contributed by atoms with van der Waals surface area (Å²) in [4.78, 5) is 39.9. The van der Waals surface area contributed by atoms with Gasteiger partial charge in [-0.15, -0.1) is 0 Å². The number of aliphatic hydroxyl groups is 1. The molecule has 11 nitrogen and oxygen atoms in total. The Morgan fingerprint density at radius 1 is 1.25 bits per heavy atom. The SMILES string of the molecule is CC(C)(C)C(=O)Oc1ccc(COC(=O)Nc2ccn(C3COC(CO)O3)c(=O)n2)cc1. The van der Waals surface area contributed by atoms with Gasteiger partial charge in [0.2, 0.25) is 0 Å². The first kappa shape index (κ1) is 23.4. The Bertz CT molecular complexity index is 1010. The molecule has 0 aliphatic carbocycles. The number of hydrogen-bond donors (Lipinski definition) is 2. The van der Waals surface area contributed by atoms with Gasteiger partial charge in [-0.1, -0.05) is 12.1 Å². The van der Waals surface area contributed by atoms with Gasteiger partial charge < -0.3 is 24.1 Å². The van der Waals surface area contributed by atoms with Crippen LogP contribution in [-0.4, -0.2) is 46.2 Å². The molecule has 1 amide bonds. The molecule has 11 heteroatoms. The lowest BCUT2D eigenvalue weighted by atomic mass is 9.97. The Morgan fingerprint density at radius 2 is 1.97 bits per heavy atom. The van der Waals surface area contributed by atoms with E-state index in [0.717, 1.165) is 0 Å². The largest absolute Gasteiger partial charge is 0.444 e. The second kappa shape index (κ2) is 9.90. The van der Waals surface area contributed by atoms with Crippen LogP contribution < -0.4 is 15.7 Å². The third kappa shape index (κ3) is 6.13. The first-order valence-corrected chi connectivity index (χ1v) is 9.88. The van der Waals surface area contributed by atoms with E-state index in [4.69, 9.17) is 24.1 Å². The van der Waals surface area contributed by atoms with Gasteiger partial charge in [0.1, 0.15) is 18.2 Å². The Morgan fingerprint density at radius 3 is 2.56 bits per heavy atom. The zero-order valence-electron chi connectivity index (χ0n) is 17.9. The van der Waals surface area contributed by atoms with Crippen molar-refractivity contribution in [1.29, 1.82) is 0 Å². The molecule has 1 saturated heterocycles. The number of amides is 1. The van der Waals surface area contributed by atoms with Crippen molar-refractivity contribution in [3.8, 4) is 5.75 Å². The molecule has 172 valence electrons. The highest BCUT2D eigenvalue weighted by molar-refractivity contribution is 5.83. The number of esters is 1. The minimum absolute atomic E-state index is 0.0123. The molecule has 2 N–H and O–H groups in total. The van der Waals surface area contributed by atoms with Gasteiger partial charge in [0.25, 0.3) is 0 Å². The molecule has 0 bridgehead atoms. The van der Waals surface area contributed by atoms with E-state index in [9.17, 15) is 14.4 Å². The standard InChI is InChI=1S/C21H25N3O8/c1-21(2,3)18(26)31-14-6-4-13(5-7-14)11-30-20(28)23-15-8-9-24(19(27)22-15)16-12-29-17(10-25)32-16/h4-9,16-17,25H,10-12H2,1-3H3,(H,22,23,27,28). The summed E-state index contributed by atoms with van der Waals surface area (Å²) in [6.07, 6.45) is -0.896. The number of ether oxygens (including phenoxy) is 4. The summed E-state index contributed by atoms with van der Waals surface area (Å²) >= 11 is 0. The Hall–Kier alpha value is -3.28. The highest BCUT2D eigenvalue weighted by atomic mass is 16.7. The molecule has 3 rings (SSSR count). The first-order chi connectivity index (χ1) is 15.2. The summed E-state index contributed by atoms with van der Waals surface area (Å²) in [7, 11) is 0. The summed E-state index contributed by atoms with van der Waals surface area (Å²) in [6.45, 7) is 5.01. The van der Waals surface area contributed by atoms with Crippen LogP contribution in [0.2, 0.25) is 0 Å². The summed E-state index contributed by atoms with van der Waals surface area (Å²) in [6, 6.07) is 7.97. The molecule has 2 aromatic rings. The summed E-state index contributed by atoms with van der Waals surface area (Å²) < 4.78 is 22.1. The van der Waals surface area contributed by atoms with E-state index < -0.39 is 29.7 Å². The number of anilines is 1. The van der Waals surface area contributed by atoms with Crippen molar-refractivity contribution in [2.24, 2.45) is 5.41 Å². The lowest BCUT2D eigenvalue weighted by Crippen LogP contribution is -2.29. The molecule has 2 atom stereocenters. The van der Waals surface area contributed by atoms with E-state index in [0.29, 0.717) is 11.3 Å². The maximum Gasteiger partial charge on any atom is 0.413 e. The van der Waals surface area contributed by atoms with E-state index in [1.165, 1.54) is 16.8 Å². The predicted octanol–water partition coefficient (Wildman–Crippen LogP) is 1.81. The van der Waals surface area contributed by atoms with Gasteiger partial charge in [0, 0.05) is 6.20 Å². The van der Waals surface area contributed by atoms with E-state index in [2.05, 4.69) is 10.3 Å². The molecule has 32 heavy (non-hydrogen) atoms. The molecule has 0 spiro atoms. The number of nitrogens with one attached hydrogen (secondary N) is 1. The third-order valence-electron chi connectivity index (χ3n) is 4.37. The number of aromatic nitrogens is 2.